The van der Waals surface area contributed by atoms with Gasteiger partial charge in [0.1, 0.15) is 0 Å². The molecule has 2 aliphatic rings. The van der Waals surface area contributed by atoms with Gasteiger partial charge in [-0.1, -0.05) is 60.7 Å². The van der Waals surface area contributed by atoms with E-state index in [4.69, 9.17) is 9.47 Å². The quantitative estimate of drug-likeness (QED) is 0.297. The highest BCUT2D eigenvalue weighted by molar-refractivity contribution is 6.19. The lowest BCUT2D eigenvalue weighted by atomic mass is 9.90. The first-order valence-corrected chi connectivity index (χ1v) is 11.0. The summed E-state index contributed by atoms with van der Waals surface area (Å²) in [6.45, 7) is 0. The number of fused-ring (bicyclic) bond motifs is 6. The molecule has 0 radical (unpaired) electrons. The van der Waals surface area contributed by atoms with Crippen LogP contribution in [0, 0.1) is 0 Å². The molecule has 34 heavy (non-hydrogen) atoms. The molecule has 2 aliphatic carbocycles. The molecule has 0 spiro atoms. The third kappa shape index (κ3) is 2.78. The van der Waals surface area contributed by atoms with E-state index in [1.807, 2.05) is 48.5 Å². The molecule has 4 nitrogen and oxygen atoms in total. The van der Waals surface area contributed by atoms with Crippen molar-refractivity contribution >= 4 is 23.1 Å². The minimum Gasteiger partial charge on any atom is -0.465 e. The average molecular weight is 444 g/mol. The fourth-order valence-corrected chi connectivity index (χ4v) is 5.16. The summed E-state index contributed by atoms with van der Waals surface area (Å²) in [5, 5.41) is 0. The summed E-state index contributed by atoms with van der Waals surface area (Å²) >= 11 is 0. The number of carbonyl (C=O) groups excluding carboxylic acids is 2. The smallest absolute Gasteiger partial charge is 0.337 e. The van der Waals surface area contributed by atoms with Crippen molar-refractivity contribution in [2.24, 2.45) is 0 Å². The van der Waals surface area contributed by atoms with Crippen LogP contribution in [-0.4, -0.2) is 26.2 Å². The second kappa shape index (κ2) is 7.56. The highest BCUT2D eigenvalue weighted by Gasteiger charge is 2.33. The molecule has 0 aromatic heterocycles. The van der Waals surface area contributed by atoms with E-state index in [1.165, 1.54) is 14.2 Å². The molecule has 164 valence electrons. The van der Waals surface area contributed by atoms with Gasteiger partial charge < -0.3 is 9.47 Å². The van der Waals surface area contributed by atoms with Gasteiger partial charge in [-0.3, -0.25) is 0 Å². The van der Waals surface area contributed by atoms with Gasteiger partial charge in [0.2, 0.25) is 0 Å². The van der Waals surface area contributed by atoms with E-state index in [-0.39, 0.29) is 11.9 Å². The van der Waals surface area contributed by atoms with E-state index in [0.717, 1.165) is 55.7 Å². The van der Waals surface area contributed by atoms with E-state index < -0.39 is 0 Å². The summed E-state index contributed by atoms with van der Waals surface area (Å²) in [4.78, 5) is 24.7. The Bertz CT molecular complexity index is 1440. The summed E-state index contributed by atoms with van der Waals surface area (Å²) in [6.07, 6.45) is 0. The minimum atomic E-state index is -0.372. The lowest BCUT2D eigenvalue weighted by Crippen LogP contribution is -2.02. The molecule has 0 heterocycles. The zero-order valence-corrected chi connectivity index (χ0v) is 18.7. The predicted molar refractivity (Wildman–Crippen MR) is 131 cm³/mol. The molecule has 4 heteroatoms. The van der Waals surface area contributed by atoms with Crippen molar-refractivity contribution < 1.29 is 19.1 Å². The van der Waals surface area contributed by atoms with Crippen LogP contribution in [-0.2, 0) is 9.47 Å². The van der Waals surface area contributed by atoms with Crippen molar-refractivity contribution in [3.63, 3.8) is 0 Å². The molecule has 4 aromatic carbocycles. The first-order chi connectivity index (χ1) is 16.6. The minimum absolute atomic E-state index is 0.372. The predicted octanol–water partition coefficient (Wildman–Crippen LogP) is 6.23. The fraction of sp³-hybridized carbons (Fsp3) is 0.0667. The Hall–Kier alpha value is -4.44. The Labute approximate surface area is 197 Å². The summed E-state index contributed by atoms with van der Waals surface area (Å²) < 4.78 is 9.99. The van der Waals surface area contributed by atoms with E-state index in [9.17, 15) is 9.59 Å². The number of esters is 2. The Morgan fingerprint density at radius 3 is 1.21 bits per heavy atom. The maximum Gasteiger partial charge on any atom is 0.337 e. The third-order valence-corrected chi connectivity index (χ3v) is 6.64. The van der Waals surface area contributed by atoms with Gasteiger partial charge in [0.15, 0.2) is 0 Å². The van der Waals surface area contributed by atoms with Crippen molar-refractivity contribution in [3.8, 4) is 22.3 Å². The van der Waals surface area contributed by atoms with E-state index in [0.29, 0.717) is 11.1 Å². The fourth-order valence-electron chi connectivity index (χ4n) is 5.16. The zero-order chi connectivity index (χ0) is 23.4. The summed E-state index contributed by atoms with van der Waals surface area (Å²) in [6, 6.07) is 27.9. The van der Waals surface area contributed by atoms with Crippen molar-refractivity contribution in [3.05, 3.63) is 118 Å². The summed E-state index contributed by atoms with van der Waals surface area (Å²) in [7, 11) is 2.78. The largest absolute Gasteiger partial charge is 0.465 e. The first kappa shape index (κ1) is 20.2. The third-order valence-electron chi connectivity index (χ3n) is 6.64. The lowest BCUT2D eigenvalue weighted by molar-refractivity contribution is 0.0592. The topological polar surface area (TPSA) is 52.6 Å². The van der Waals surface area contributed by atoms with Crippen molar-refractivity contribution in [1.29, 1.82) is 0 Å². The Balaban J connectivity index is 1.73. The SMILES string of the molecule is COC(=O)c1ccc2c(c1)/C(=C1/c3ccccc3-c3ccc(C(=O)OC)cc31)c1ccccc1-2. The van der Waals surface area contributed by atoms with Crippen LogP contribution < -0.4 is 0 Å². The first-order valence-electron chi connectivity index (χ1n) is 11.0. The Kier molecular flexibility index (Phi) is 4.49. The van der Waals surface area contributed by atoms with E-state index in [1.54, 1.807) is 12.1 Å². The van der Waals surface area contributed by atoms with Gasteiger partial charge >= 0.3 is 11.9 Å². The molecule has 0 atom stereocenters. The van der Waals surface area contributed by atoms with Crippen molar-refractivity contribution in [2.45, 2.75) is 0 Å². The highest BCUT2D eigenvalue weighted by Crippen LogP contribution is 2.54. The molecule has 0 saturated carbocycles. The van der Waals surface area contributed by atoms with Crippen LogP contribution in [0.4, 0.5) is 0 Å². The molecule has 0 N–H and O–H groups in total. The van der Waals surface area contributed by atoms with Crippen LogP contribution in [0.2, 0.25) is 0 Å². The van der Waals surface area contributed by atoms with Crippen LogP contribution >= 0.6 is 0 Å². The number of benzene rings is 4. The Morgan fingerprint density at radius 1 is 0.471 bits per heavy atom. The molecule has 0 bridgehead atoms. The maximum atomic E-state index is 12.4. The zero-order valence-electron chi connectivity index (χ0n) is 18.7. The standard InChI is InChI=1S/C30H20O4/c1-33-29(31)17-11-13-21-19-7-3-5-9-23(19)27(25(21)15-17)28-24-10-6-4-8-20(24)22-14-12-18(16-26(22)28)30(32)34-2/h3-16H,1-2H3/b28-27-. The van der Waals surface area contributed by atoms with Crippen LogP contribution in [0.25, 0.3) is 33.4 Å². The monoisotopic (exact) mass is 444 g/mol. The lowest BCUT2D eigenvalue weighted by Gasteiger charge is -2.12. The van der Waals surface area contributed by atoms with Gasteiger partial charge in [-0.15, -0.1) is 0 Å². The second-order valence-corrected chi connectivity index (χ2v) is 8.35. The number of hydrogen-bond donors (Lipinski definition) is 0. The molecule has 0 saturated heterocycles. The number of ether oxygens (including phenoxy) is 2. The molecule has 4 aromatic rings. The highest BCUT2D eigenvalue weighted by atomic mass is 16.5. The molecular weight excluding hydrogens is 424 g/mol. The van der Waals surface area contributed by atoms with Gasteiger partial charge in [-0.2, -0.15) is 0 Å². The summed E-state index contributed by atoms with van der Waals surface area (Å²) in [5.41, 5.74) is 11.6. The van der Waals surface area contributed by atoms with E-state index in [2.05, 4.69) is 24.3 Å². The number of carbonyl (C=O) groups is 2. The van der Waals surface area contributed by atoms with Crippen LogP contribution in [0.15, 0.2) is 84.9 Å². The maximum absolute atomic E-state index is 12.4. The van der Waals surface area contributed by atoms with Crippen LogP contribution in [0.1, 0.15) is 43.0 Å². The van der Waals surface area contributed by atoms with Crippen LogP contribution in [0.5, 0.6) is 0 Å². The number of hydrogen-bond acceptors (Lipinski definition) is 4. The molecule has 0 amide bonds. The molecule has 0 aliphatic heterocycles. The van der Waals surface area contributed by atoms with Gasteiger partial charge in [0, 0.05) is 0 Å². The summed E-state index contributed by atoms with van der Waals surface area (Å²) in [5.74, 6) is -0.744. The average Bonchev–Trinajstić information content (AvgIpc) is 3.39. The van der Waals surface area contributed by atoms with Gasteiger partial charge in [0.05, 0.1) is 25.3 Å². The molecule has 6 rings (SSSR count). The molecule has 0 unspecified atom stereocenters. The second-order valence-electron chi connectivity index (χ2n) is 8.35. The number of rotatable bonds is 2. The van der Waals surface area contributed by atoms with E-state index >= 15 is 0 Å². The van der Waals surface area contributed by atoms with Crippen molar-refractivity contribution in [1.82, 2.24) is 0 Å². The normalized spacial score (nSPS) is 14.6. The van der Waals surface area contributed by atoms with Gasteiger partial charge in [-0.05, 0) is 79.9 Å². The molecule has 0 fully saturated rings. The molecular formula is C30H20O4. The van der Waals surface area contributed by atoms with Crippen molar-refractivity contribution in [2.75, 3.05) is 14.2 Å². The number of methoxy groups -OCH3 is 2. The van der Waals surface area contributed by atoms with Gasteiger partial charge in [0.25, 0.3) is 0 Å². The van der Waals surface area contributed by atoms with Crippen LogP contribution in [0.3, 0.4) is 0 Å². The van der Waals surface area contributed by atoms with Gasteiger partial charge in [-0.25, -0.2) is 9.59 Å². The Morgan fingerprint density at radius 2 is 0.824 bits per heavy atom.